The minimum Gasteiger partial charge on any atom is -0.489 e. The summed E-state index contributed by atoms with van der Waals surface area (Å²) in [5.74, 6) is 0.293. The van der Waals surface area contributed by atoms with E-state index >= 15 is 0 Å². The lowest BCUT2D eigenvalue weighted by molar-refractivity contribution is -0.131. The number of para-hydroxylation sites is 1. The molecule has 1 atom stereocenters. The van der Waals surface area contributed by atoms with Crippen molar-refractivity contribution in [3.8, 4) is 17.6 Å². The molecule has 3 aromatic rings. The van der Waals surface area contributed by atoms with E-state index in [4.69, 9.17) is 9.47 Å². The first kappa shape index (κ1) is 27.0. The Morgan fingerprint density at radius 3 is 2.41 bits per heavy atom. The van der Waals surface area contributed by atoms with Gasteiger partial charge >= 0.3 is 0 Å². The highest BCUT2D eigenvalue weighted by Crippen LogP contribution is 2.17. The molecule has 0 aromatic heterocycles. The van der Waals surface area contributed by atoms with E-state index in [1.54, 1.807) is 36.4 Å². The molecule has 0 spiro atoms. The van der Waals surface area contributed by atoms with Gasteiger partial charge < -0.3 is 14.8 Å². The van der Waals surface area contributed by atoms with E-state index in [2.05, 4.69) is 21.9 Å². The number of nitrogens with zero attached hydrogens (tertiary/aromatic N) is 2. The van der Waals surface area contributed by atoms with Crippen LogP contribution in [0.15, 0.2) is 77.9 Å². The number of rotatable bonds is 11. The monoisotopic (exact) mass is 498 g/mol. The van der Waals surface area contributed by atoms with Crippen molar-refractivity contribution in [2.24, 2.45) is 11.0 Å². The van der Waals surface area contributed by atoms with E-state index in [0.717, 1.165) is 16.7 Å². The fourth-order valence-electron chi connectivity index (χ4n) is 3.42. The summed E-state index contributed by atoms with van der Waals surface area (Å²) < 4.78 is 11.3. The molecule has 0 heterocycles. The number of benzene rings is 3. The van der Waals surface area contributed by atoms with Gasteiger partial charge in [-0.15, -0.1) is 0 Å². The van der Waals surface area contributed by atoms with Crippen LogP contribution in [0.5, 0.6) is 11.5 Å². The Morgan fingerprint density at radius 1 is 1.00 bits per heavy atom. The minimum atomic E-state index is -0.766. The number of hydrogen-bond acceptors (Lipinski definition) is 6. The van der Waals surface area contributed by atoms with Gasteiger partial charge in [-0.05, 0) is 60.4 Å². The highest BCUT2D eigenvalue weighted by Gasteiger charge is 2.24. The van der Waals surface area contributed by atoms with Crippen molar-refractivity contribution >= 4 is 18.0 Å². The zero-order valence-electron chi connectivity index (χ0n) is 21.1. The maximum absolute atomic E-state index is 12.6. The molecule has 0 fully saturated rings. The van der Waals surface area contributed by atoms with Crippen LogP contribution in [0.2, 0.25) is 0 Å². The van der Waals surface area contributed by atoms with Crippen LogP contribution in [0.3, 0.4) is 0 Å². The molecule has 0 radical (unpaired) electrons. The molecule has 190 valence electrons. The van der Waals surface area contributed by atoms with Gasteiger partial charge in [-0.1, -0.05) is 50.2 Å². The zero-order chi connectivity index (χ0) is 26.6. The van der Waals surface area contributed by atoms with E-state index in [1.807, 2.05) is 57.2 Å². The lowest BCUT2D eigenvalue weighted by atomic mass is 10.0. The summed E-state index contributed by atoms with van der Waals surface area (Å²) in [6, 6.07) is 23.2. The van der Waals surface area contributed by atoms with E-state index in [0.29, 0.717) is 17.1 Å². The number of hydrogen-bond donors (Lipinski definition) is 2. The summed E-state index contributed by atoms with van der Waals surface area (Å²) in [4.78, 5) is 25.0. The second kappa shape index (κ2) is 13.4. The first-order chi connectivity index (χ1) is 17.9. The van der Waals surface area contributed by atoms with Crippen LogP contribution in [0.25, 0.3) is 0 Å². The second-order valence-corrected chi connectivity index (χ2v) is 8.70. The summed E-state index contributed by atoms with van der Waals surface area (Å²) in [7, 11) is 0. The summed E-state index contributed by atoms with van der Waals surface area (Å²) in [5.41, 5.74) is 5.55. The van der Waals surface area contributed by atoms with Crippen LogP contribution in [-0.2, 0) is 16.2 Å². The number of ether oxygens (including phenoxy) is 2. The number of nitriles is 1. The Balaban J connectivity index is 1.49. The first-order valence-corrected chi connectivity index (χ1v) is 11.9. The number of hydrazone groups is 1. The molecule has 2 N–H and O–H groups in total. The Labute approximate surface area is 216 Å². The van der Waals surface area contributed by atoms with Gasteiger partial charge in [0.1, 0.15) is 24.1 Å². The molecular formula is C29H30N4O4. The van der Waals surface area contributed by atoms with Gasteiger partial charge in [0.05, 0.1) is 17.8 Å². The normalized spacial score (nSPS) is 11.5. The van der Waals surface area contributed by atoms with Crippen LogP contribution >= 0.6 is 0 Å². The topological polar surface area (TPSA) is 113 Å². The second-order valence-electron chi connectivity index (χ2n) is 8.70. The van der Waals surface area contributed by atoms with Crippen LogP contribution < -0.4 is 20.2 Å². The number of aryl methyl sites for hydroxylation is 1. The maximum Gasteiger partial charge on any atom is 0.262 e. The fraction of sp³-hybridized carbons (Fsp3) is 0.241. The van der Waals surface area contributed by atoms with Gasteiger partial charge in [-0.3, -0.25) is 9.59 Å². The molecule has 0 saturated carbocycles. The van der Waals surface area contributed by atoms with Gasteiger partial charge in [0.15, 0.2) is 6.61 Å². The molecule has 8 heteroatoms. The minimum absolute atomic E-state index is 0.153. The molecule has 0 aliphatic rings. The Hall–Kier alpha value is -4.64. The average molecular weight is 499 g/mol. The molecular weight excluding hydrogens is 468 g/mol. The van der Waals surface area contributed by atoms with E-state index in [-0.39, 0.29) is 19.1 Å². The highest BCUT2D eigenvalue weighted by atomic mass is 16.5. The largest absolute Gasteiger partial charge is 0.489 e. The number of carbonyl (C=O) groups is 2. The highest BCUT2D eigenvalue weighted by molar-refractivity contribution is 5.89. The lowest BCUT2D eigenvalue weighted by Crippen LogP contribution is -2.49. The molecule has 0 aliphatic heterocycles. The Bertz CT molecular complexity index is 1280. The third-order valence-electron chi connectivity index (χ3n) is 5.52. The van der Waals surface area contributed by atoms with Gasteiger partial charge in [0.25, 0.3) is 11.8 Å². The Morgan fingerprint density at radius 2 is 1.70 bits per heavy atom. The maximum atomic E-state index is 12.6. The van der Waals surface area contributed by atoms with Crippen molar-refractivity contribution in [3.05, 3.63) is 95.1 Å². The van der Waals surface area contributed by atoms with Gasteiger partial charge in [-0.25, -0.2) is 5.43 Å². The van der Waals surface area contributed by atoms with E-state index in [9.17, 15) is 14.9 Å². The van der Waals surface area contributed by atoms with Crippen molar-refractivity contribution in [3.63, 3.8) is 0 Å². The zero-order valence-corrected chi connectivity index (χ0v) is 21.1. The quantitative estimate of drug-likeness (QED) is 0.305. The predicted molar refractivity (Wildman–Crippen MR) is 141 cm³/mol. The van der Waals surface area contributed by atoms with Crippen molar-refractivity contribution < 1.29 is 19.1 Å². The average Bonchev–Trinajstić information content (AvgIpc) is 2.90. The molecule has 1 unspecified atom stereocenters. The molecule has 2 amide bonds. The summed E-state index contributed by atoms with van der Waals surface area (Å²) in [6.07, 6.45) is 1.51. The molecule has 37 heavy (non-hydrogen) atoms. The van der Waals surface area contributed by atoms with Crippen molar-refractivity contribution in [2.45, 2.75) is 33.4 Å². The first-order valence-electron chi connectivity index (χ1n) is 11.9. The Kier molecular flexibility index (Phi) is 9.80. The number of nitrogens with one attached hydrogen (secondary N) is 2. The number of amides is 2. The molecule has 0 bridgehead atoms. The van der Waals surface area contributed by atoms with Gasteiger partial charge in [0.2, 0.25) is 0 Å². The molecule has 0 aliphatic carbocycles. The summed E-state index contributed by atoms with van der Waals surface area (Å²) >= 11 is 0. The standard InChI is InChI=1S/C29H30N4O4/c1-20(2)28(32-27(34)19-37-26-11-7-4-8-21(26)3)29(35)33-31-17-22-12-14-25(15-13-22)36-18-24-10-6-5-9-23(24)16-30/h4-15,17,20,28H,18-19H2,1-3H3,(H,32,34)(H,33,35)/b31-17+. The smallest absolute Gasteiger partial charge is 0.262 e. The van der Waals surface area contributed by atoms with Crippen LogP contribution in [0.4, 0.5) is 0 Å². The number of carbonyl (C=O) groups excluding carboxylic acids is 2. The van der Waals surface area contributed by atoms with E-state index < -0.39 is 17.9 Å². The molecule has 3 aromatic carbocycles. The van der Waals surface area contributed by atoms with Crippen molar-refractivity contribution in [1.82, 2.24) is 10.7 Å². The molecule has 8 nitrogen and oxygen atoms in total. The van der Waals surface area contributed by atoms with Crippen LogP contribution in [0.1, 0.15) is 36.1 Å². The SMILES string of the molecule is Cc1ccccc1OCC(=O)NC(C(=O)N/N=C/c1ccc(OCc2ccccc2C#N)cc1)C(C)C. The molecule has 3 rings (SSSR count). The third-order valence-corrected chi connectivity index (χ3v) is 5.52. The van der Waals surface area contributed by atoms with Crippen molar-refractivity contribution in [2.75, 3.05) is 6.61 Å². The fourth-order valence-corrected chi connectivity index (χ4v) is 3.42. The summed E-state index contributed by atoms with van der Waals surface area (Å²) in [6.45, 7) is 5.66. The van der Waals surface area contributed by atoms with Gasteiger partial charge in [-0.2, -0.15) is 10.4 Å². The van der Waals surface area contributed by atoms with Crippen LogP contribution in [0, 0.1) is 24.2 Å². The predicted octanol–water partition coefficient (Wildman–Crippen LogP) is 4.12. The van der Waals surface area contributed by atoms with Crippen LogP contribution in [-0.4, -0.2) is 30.7 Å². The van der Waals surface area contributed by atoms with Gasteiger partial charge in [0, 0.05) is 5.56 Å². The molecule has 0 saturated heterocycles. The third kappa shape index (κ3) is 8.22. The lowest BCUT2D eigenvalue weighted by Gasteiger charge is -2.20. The van der Waals surface area contributed by atoms with Crippen molar-refractivity contribution in [1.29, 1.82) is 5.26 Å². The van der Waals surface area contributed by atoms with E-state index in [1.165, 1.54) is 6.21 Å². The summed E-state index contributed by atoms with van der Waals surface area (Å²) in [5, 5.41) is 15.9.